The summed E-state index contributed by atoms with van der Waals surface area (Å²) >= 11 is 1.86. The van der Waals surface area contributed by atoms with Crippen molar-refractivity contribution in [2.75, 3.05) is 4.90 Å². The maximum absolute atomic E-state index is 6.72. The summed E-state index contributed by atoms with van der Waals surface area (Å²) in [6, 6.07) is 63.4. The second-order valence-corrected chi connectivity index (χ2v) is 19.9. The standard InChI is InChI=1S/C42H29NOSSi2/c1-2-14-30(15-3-1)46-37-22-10-13-25-41(37)47(39-23-11-6-18-33(39)44-34-19-7-12-24-40(34)47)42-28-29(26-27-38(42)46)43-31-16-4-8-20-35(31)45-36-21-9-5-17-32(36)43/h1-28,46H. The number of fused-ring (bicyclic) bond motifs is 10. The molecule has 0 radical (unpaired) electrons. The van der Waals surface area contributed by atoms with Gasteiger partial charge in [-0.15, -0.1) is 0 Å². The van der Waals surface area contributed by atoms with Crippen LogP contribution in [0.5, 0.6) is 11.5 Å². The van der Waals surface area contributed by atoms with Crippen LogP contribution in [0, 0.1) is 0 Å². The zero-order valence-corrected chi connectivity index (χ0v) is 28.5. The van der Waals surface area contributed by atoms with Crippen LogP contribution in [0.15, 0.2) is 180 Å². The van der Waals surface area contributed by atoms with Gasteiger partial charge in [0, 0.05) is 15.5 Å². The molecule has 1 spiro atoms. The molecule has 2 nitrogen and oxygen atoms in total. The topological polar surface area (TPSA) is 12.5 Å². The predicted molar refractivity (Wildman–Crippen MR) is 201 cm³/mol. The summed E-state index contributed by atoms with van der Waals surface area (Å²) in [5, 5.41) is 10.2. The van der Waals surface area contributed by atoms with Crippen LogP contribution < -0.4 is 45.9 Å². The van der Waals surface area contributed by atoms with Crippen LogP contribution in [-0.4, -0.2) is 16.9 Å². The Morgan fingerprint density at radius 2 is 1.00 bits per heavy atom. The summed E-state index contributed by atoms with van der Waals surface area (Å²) in [5.74, 6) is 1.96. The van der Waals surface area contributed by atoms with Crippen molar-refractivity contribution in [3.8, 4) is 11.5 Å². The fourth-order valence-corrected chi connectivity index (χ4v) is 19.7. The van der Waals surface area contributed by atoms with Crippen LogP contribution in [0.2, 0.25) is 0 Å². The lowest BCUT2D eigenvalue weighted by Gasteiger charge is -2.46. The minimum Gasteiger partial charge on any atom is -0.458 e. The largest absolute Gasteiger partial charge is 0.458 e. The van der Waals surface area contributed by atoms with Gasteiger partial charge in [0.1, 0.15) is 20.3 Å². The van der Waals surface area contributed by atoms with Gasteiger partial charge in [0.15, 0.2) is 8.07 Å². The van der Waals surface area contributed by atoms with E-state index in [1.165, 1.54) is 63.2 Å². The molecule has 0 aromatic heterocycles. The van der Waals surface area contributed by atoms with Crippen molar-refractivity contribution in [2.24, 2.45) is 0 Å². The van der Waals surface area contributed by atoms with Gasteiger partial charge in [-0.05, 0) is 69.3 Å². The van der Waals surface area contributed by atoms with Gasteiger partial charge in [-0.2, -0.15) is 0 Å². The zero-order chi connectivity index (χ0) is 31.0. The number of ether oxygens (including phenoxy) is 1. The van der Waals surface area contributed by atoms with Crippen LogP contribution in [0.4, 0.5) is 17.1 Å². The van der Waals surface area contributed by atoms with Gasteiger partial charge in [0.2, 0.25) is 0 Å². The molecule has 3 aliphatic heterocycles. The van der Waals surface area contributed by atoms with E-state index < -0.39 is 16.9 Å². The van der Waals surface area contributed by atoms with E-state index in [0.717, 1.165) is 11.5 Å². The van der Waals surface area contributed by atoms with Gasteiger partial charge in [-0.1, -0.05) is 149 Å². The van der Waals surface area contributed by atoms with Crippen molar-refractivity contribution < 1.29 is 4.74 Å². The Balaban J connectivity index is 1.34. The minimum atomic E-state index is -2.83. The Labute approximate surface area is 281 Å². The number of benzene rings is 7. The van der Waals surface area contributed by atoms with Gasteiger partial charge in [-0.25, -0.2) is 0 Å². The van der Waals surface area contributed by atoms with Crippen molar-refractivity contribution >= 4 is 82.0 Å². The van der Waals surface area contributed by atoms with Gasteiger partial charge in [0.05, 0.1) is 11.4 Å². The predicted octanol–water partition coefficient (Wildman–Crippen LogP) is 5.67. The van der Waals surface area contributed by atoms with E-state index in [1.807, 2.05) is 11.8 Å². The first-order valence-electron chi connectivity index (χ1n) is 16.1. The number of rotatable bonds is 2. The van der Waals surface area contributed by atoms with Crippen molar-refractivity contribution in [3.63, 3.8) is 0 Å². The Hall–Kier alpha value is -5.08. The average Bonchev–Trinajstić information content (AvgIpc) is 3.14. The molecule has 7 aromatic carbocycles. The maximum atomic E-state index is 6.72. The van der Waals surface area contributed by atoms with Crippen LogP contribution >= 0.6 is 11.8 Å². The minimum absolute atomic E-state index is 0.980. The van der Waals surface area contributed by atoms with Crippen molar-refractivity contribution in [1.29, 1.82) is 0 Å². The van der Waals surface area contributed by atoms with Gasteiger partial charge < -0.3 is 9.64 Å². The summed E-state index contributed by atoms with van der Waals surface area (Å²) in [5.41, 5.74) is 3.66. The molecular formula is C42H29NOSSi2. The third-order valence-electron chi connectivity index (χ3n) is 10.1. The highest BCUT2D eigenvalue weighted by Gasteiger charge is 2.53. The lowest BCUT2D eigenvalue weighted by molar-refractivity contribution is 0.487. The fourth-order valence-electron chi connectivity index (χ4n) is 8.22. The van der Waals surface area contributed by atoms with E-state index >= 15 is 0 Å². The maximum Gasteiger partial charge on any atom is 0.188 e. The lowest BCUT2D eigenvalue weighted by Crippen LogP contribution is -2.87. The molecule has 0 saturated heterocycles. The molecule has 7 aromatic rings. The Morgan fingerprint density at radius 1 is 0.468 bits per heavy atom. The smallest absolute Gasteiger partial charge is 0.188 e. The fraction of sp³-hybridized carbons (Fsp3) is 0. The highest BCUT2D eigenvalue weighted by Crippen LogP contribution is 2.51. The van der Waals surface area contributed by atoms with Crippen LogP contribution in [-0.2, 0) is 0 Å². The molecule has 1 unspecified atom stereocenters. The molecule has 0 bridgehead atoms. The number of para-hydroxylation sites is 4. The van der Waals surface area contributed by atoms with Crippen molar-refractivity contribution in [2.45, 2.75) is 9.79 Å². The Bertz CT molecular complexity index is 2270. The number of hydrogen-bond donors (Lipinski definition) is 0. The number of hydrogen-bond acceptors (Lipinski definition) is 3. The third-order valence-corrected chi connectivity index (χ3v) is 20.0. The first-order valence-corrected chi connectivity index (χ1v) is 20.7. The molecule has 10 rings (SSSR count). The first-order chi connectivity index (χ1) is 23.3. The van der Waals surface area contributed by atoms with Crippen LogP contribution in [0.25, 0.3) is 0 Å². The molecule has 0 aliphatic carbocycles. The average molecular weight is 652 g/mol. The summed E-state index contributed by atoms with van der Waals surface area (Å²) in [6.07, 6.45) is 0. The third kappa shape index (κ3) is 3.85. The Morgan fingerprint density at radius 3 is 1.68 bits per heavy atom. The summed E-state index contributed by atoms with van der Waals surface area (Å²) in [4.78, 5) is 5.04. The summed E-state index contributed by atoms with van der Waals surface area (Å²) in [7, 11) is -4.66. The number of anilines is 3. The van der Waals surface area contributed by atoms with Gasteiger partial charge >= 0.3 is 0 Å². The Kier molecular flexibility index (Phi) is 6.03. The van der Waals surface area contributed by atoms with Crippen molar-refractivity contribution in [3.05, 3.63) is 170 Å². The summed E-state index contributed by atoms with van der Waals surface area (Å²) < 4.78 is 6.72. The van der Waals surface area contributed by atoms with Gasteiger partial charge in [0.25, 0.3) is 0 Å². The molecule has 3 heterocycles. The van der Waals surface area contributed by atoms with E-state index in [-0.39, 0.29) is 0 Å². The van der Waals surface area contributed by atoms with E-state index in [1.54, 1.807) is 0 Å². The van der Waals surface area contributed by atoms with E-state index in [9.17, 15) is 0 Å². The molecule has 0 amide bonds. The van der Waals surface area contributed by atoms with Crippen LogP contribution in [0.1, 0.15) is 0 Å². The molecule has 0 fully saturated rings. The molecule has 47 heavy (non-hydrogen) atoms. The molecule has 1 atom stereocenters. The second kappa shape index (κ2) is 10.5. The van der Waals surface area contributed by atoms with Crippen molar-refractivity contribution in [1.82, 2.24) is 0 Å². The summed E-state index contributed by atoms with van der Waals surface area (Å²) in [6.45, 7) is 0. The van der Waals surface area contributed by atoms with E-state index in [4.69, 9.17) is 4.74 Å². The highest BCUT2D eigenvalue weighted by molar-refractivity contribution is 7.99. The second-order valence-electron chi connectivity index (χ2n) is 12.4. The molecular weight excluding hydrogens is 623 g/mol. The molecule has 222 valence electrons. The molecule has 0 saturated carbocycles. The first kappa shape index (κ1) is 27.1. The quantitative estimate of drug-likeness (QED) is 0.224. The monoisotopic (exact) mass is 651 g/mol. The normalized spacial score (nSPS) is 16.1. The highest BCUT2D eigenvalue weighted by atomic mass is 32.2. The van der Waals surface area contributed by atoms with E-state index in [0.29, 0.717) is 0 Å². The number of nitrogens with zero attached hydrogens (tertiary/aromatic N) is 1. The molecule has 3 aliphatic rings. The van der Waals surface area contributed by atoms with Crippen LogP contribution in [0.3, 0.4) is 0 Å². The molecule has 0 N–H and O–H groups in total. The SMILES string of the molecule is c1ccc([SiH]2c3ccccc3[Si]3(c4ccccc4Oc4ccccc43)c3cc(N4c5ccccc5Sc5ccccc54)ccc32)cc1. The van der Waals surface area contributed by atoms with Gasteiger partial charge in [-0.3, -0.25) is 0 Å². The lowest BCUT2D eigenvalue weighted by atomic mass is 10.2. The van der Waals surface area contributed by atoms with E-state index in [2.05, 4.69) is 175 Å². The zero-order valence-electron chi connectivity index (χ0n) is 25.5. The molecule has 5 heteroatoms.